The minimum absolute atomic E-state index is 0.0951. The first-order valence-electron chi connectivity index (χ1n) is 9.22. The van der Waals surface area contributed by atoms with E-state index in [1.165, 1.54) is 12.8 Å². The molecule has 0 radical (unpaired) electrons. The highest BCUT2D eigenvalue weighted by Gasteiger charge is 2.32. The first-order valence-corrected chi connectivity index (χ1v) is 9.22. The Labute approximate surface area is 142 Å². The average molecular weight is 334 g/mol. The Morgan fingerprint density at radius 3 is 2.42 bits per heavy atom. The number of piperidine rings is 1. The van der Waals surface area contributed by atoms with Crippen LogP contribution in [0.4, 0.5) is 0 Å². The summed E-state index contributed by atoms with van der Waals surface area (Å²) in [6, 6.07) is 0. The molecule has 0 spiro atoms. The molecule has 1 unspecified atom stereocenters. The normalized spacial score (nSPS) is 25.9. The molecule has 7 nitrogen and oxygen atoms in total. The lowest BCUT2D eigenvalue weighted by Crippen LogP contribution is -2.43. The van der Waals surface area contributed by atoms with Crippen LogP contribution in [0.15, 0.2) is 4.42 Å². The maximum absolute atomic E-state index is 12.1. The van der Waals surface area contributed by atoms with Gasteiger partial charge in [0.25, 0.3) is 0 Å². The Balaban J connectivity index is 1.18. The van der Waals surface area contributed by atoms with E-state index in [1.54, 1.807) is 0 Å². The van der Waals surface area contributed by atoms with E-state index in [2.05, 4.69) is 20.4 Å². The van der Waals surface area contributed by atoms with Crippen molar-refractivity contribution in [2.24, 2.45) is 0 Å². The Hall–Kier alpha value is -1.47. The van der Waals surface area contributed by atoms with Gasteiger partial charge < -0.3 is 14.5 Å². The molecule has 0 bridgehead atoms. The zero-order valence-electron chi connectivity index (χ0n) is 14.1. The van der Waals surface area contributed by atoms with E-state index in [9.17, 15) is 4.79 Å². The number of hydrogen-bond acceptors (Lipinski definition) is 6. The van der Waals surface area contributed by atoms with Gasteiger partial charge in [0.15, 0.2) is 0 Å². The second-order valence-electron chi connectivity index (χ2n) is 7.24. The number of rotatable bonds is 6. The zero-order chi connectivity index (χ0) is 16.4. The Bertz CT molecular complexity index is 558. The molecule has 3 heterocycles. The average Bonchev–Trinajstić information content (AvgIpc) is 3.12. The van der Waals surface area contributed by atoms with Crippen LogP contribution in [0.3, 0.4) is 0 Å². The van der Waals surface area contributed by atoms with Crippen LogP contribution < -0.4 is 5.32 Å². The molecule has 7 heteroatoms. The summed E-state index contributed by atoms with van der Waals surface area (Å²) < 4.78 is 11.4. The van der Waals surface area contributed by atoms with Crippen molar-refractivity contribution in [2.75, 3.05) is 32.8 Å². The standard InChI is InChI=1S/C17H26N4O3/c22-15(18-10-14-2-1-9-23-14)11-21-7-5-13(6-8-21)17-20-19-16(24-17)12-3-4-12/h12-14H,1-11H2,(H,18,22). The lowest BCUT2D eigenvalue weighted by Gasteiger charge is -2.29. The summed E-state index contributed by atoms with van der Waals surface area (Å²) in [5.74, 6) is 2.56. The van der Waals surface area contributed by atoms with Crippen molar-refractivity contribution in [2.45, 2.75) is 56.5 Å². The number of amides is 1. The van der Waals surface area contributed by atoms with Gasteiger partial charge in [-0.25, -0.2) is 0 Å². The fraction of sp³-hybridized carbons (Fsp3) is 0.824. The number of carbonyl (C=O) groups is 1. The zero-order valence-corrected chi connectivity index (χ0v) is 14.1. The maximum Gasteiger partial charge on any atom is 0.234 e. The second-order valence-corrected chi connectivity index (χ2v) is 7.24. The van der Waals surface area contributed by atoms with Gasteiger partial charge in [0.2, 0.25) is 17.7 Å². The van der Waals surface area contributed by atoms with Gasteiger partial charge in [0, 0.05) is 25.0 Å². The molecule has 1 amide bonds. The fourth-order valence-corrected chi connectivity index (χ4v) is 3.54. The third-order valence-electron chi connectivity index (χ3n) is 5.24. The maximum atomic E-state index is 12.1. The van der Waals surface area contributed by atoms with Crippen molar-refractivity contribution in [3.05, 3.63) is 11.8 Å². The number of nitrogens with one attached hydrogen (secondary N) is 1. The van der Waals surface area contributed by atoms with E-state index >= 15 is 0 Å². The SMILES string of the molecule is O=C(CN1CCC(c2nnc(C3CC3)o2)CC1)NCC1CCCO1. The largest absolute Gasteiger partial charge is 0.425 e. The highest BCUT2D eigenvalue weighted by Crippen LogP contribution is 2.40. The van der Waals surface area contributed by atoms with E-state index in [1.807, 2.05) is 0 Å². The van der Waals surface area contributed by atoms with Crippen molar-refractivity contribution < 1.29 is 13.9 Å². The van der Waals surface area contributed by atoms with Crippen molar-refractivity contribution >= 4 is 5.91 Å². The van der Waals surface area contributed by atoms with E-state index in [0.29, 0.717) is 24.9 Å². The number of carbonyl (C=O) groups excluding carboxylic acids is 1. The Kier molecular flexibility index (Phi) is 4.80. The summed E-state index contributed by atoms with van der Waals surface area (Å²) in [6.07, 6.45) is 6.68. The minimum atomic E-state index is 0.0951. The van der Waals surface area contributed by atoms with Crippen molar-refractivity contribution in [3.8, 4) is 0 Å². The summed E-state index contributed by atoms with van der Waals surface area (Å²) in [4.78, 5) is 14.3. The van der Waals surface area contributed by atoms with Crippen molar-refractivity contribution in [3.63, 3.8) is 0 Å². The van der Waals surface area contributed by atoms with Crippen LogP contribution in [-0.2, 0) is 9.53 Å². The van der Waals surface area contributed by atoms with Crippen LogP contribution in [0.5, 0.6) is 0 Å². The van der Waals surface area contributed by atoms with Gasteiger partial charge in [-0.3, -0.25) is 9.69 Å². The molecule has 1 aromatic rings. The minimum Gasteiger partial charge on any atom is -0.425 e. The topological polar surface area (TPSA) is 80.5 Å². The van der Waals surface area contributed by atoms with Gasteiger partial charge in [-0.15, -0.1) is 10.2 Å². The lowest BCUT2D eigenvalue weighted by molar-refractivity contribution is -0.123. The lowest BCUT2D eigenvalue weighted by atomic mass is 9.97. The third kappa shape index (κ3) is 3.95. The highest BCUT2D eigenvalue weighted by atomic mass is 16.5. The smallest absolute Gasteiger partial charge is 0.234 e. The van der Waals surface area contributed by atoms with Crippen LogP contribution in [-0.4, -0.2) is 59.9 Å². The molecule has 1 aliphatic carbocycles. The molecule has 1 saturated carbocycles. The number of aromatic nitrogens is 2. The van der Waals surface area contributed by atoms with E-state index in [0.717, 1.165) is 57.2 Å². The van der Waals surface area contributed by atoms with Crippen LogP contribution in [0, 0.1) is 0 Å². The Morgan fingerprint density at radius 2 is 1.79 bits per heavy atom. The summed E-state index contributed by atoms with van der Waals surface area (Å²) >= 11 is 0. The molecule has 0 aromatic carbocycles. The summed E-state index contributed by atoms with van der Waals surface area (Å²) in [5.41, 5.74) is 0. The molecule has 2 aliphatic heterocycles. The summed E-state index contributed by atoms with van der Waals surface area (Å²) in [5, 5.41) is 11.4. The molecule has 1 N–H and O–H groups in total. The van der Waals surface area contributed by atoms with Crippen LogP contribution in [0.2, 0.25) is 0 Å². The number of ether oxygens (including phenoxy) is 1. The Morgan fingerprint density at radius 1 is 1.08 bits per heavy atom. The molecule has 3 fully saturated rings. The molecule has 132 valence electrons. The molecular weight excluding hydrogens is 308 g/mol. The molecule has 4 rings (SSSR count). The van der Waals surface area contributed by atoms with Crippen LogP contribution in [0.25, 0.3) is 0 Å². The van der Waals surface area contributed by atoms with Crippen molar-refractivity contribution in [1.82, 2.24) is 20.4 Å². The molecule has 24 heavy (non-hydrogen) atoms. The number of nitrogens with zero attached hydrogens (tertiary/aromatic N) is 3. The summed E-state index contributed by atoms with van der Waals surface area (Å²) in [6.45, 7) is 3.74. The van der Waals surface area contributed by atoms with E-state index < -0.39 is 0 Å². The van der Waals surface area contributed by atoms with Crippen LogP contribution >= 0.6 is 0 Å². The predicted octanol–water partition coefficient (Wildman–Crippen LogP) is 1.42. The van der Waals surface area contributed by atoms with Gasteiger partial charge in [0.05, 0.1) is 12.6 Å². The van der Waals surface area contributed by atoms with Crippen LogP contribution in [0.1, 0.15) is 62.1 Å². The molecule has 2 saturated heterocycles. The fourth-order valence-electron chi connectivity index (χ4n) is 3.54. The quantitative estimate of drug-likeness (QED) is 0.847. The van der Waals surface area contributed by atoms with Gasteiger partial charge in [-0.05, 0) is 51.6 Å². The monoisotopic (exact) mass is 334 g/mol. The van der Waals surface area contributed by atoms with Gasteiger partial charge >= 0.3 is 0 Å². The van der Waals surface area contributed by atoms with E-state index in [-0.39, 0.29) is 12.0 Å². The molecule has 3 aliphatic rings. The third-order valence-corrected chi connectivity index (χ3v) is 5.24. The summed E-state index contributed by atoms with van der Waals surface area (Å²) in [7, 11) is 0. The number of hydrogen-bond donors (Lipinski definition) is 1. The molecule has 1 aromatic heterocycles. The first kappa shape index (κ1) is 16.0. The van der Waals surface area contributed by atoms with Gasteiger partial charge in [0.1, 0.15) is 0 Å². The molecular formula is C17H26N4O3. The van der Waals surface area contributed by atoms with Crippen molar-refractivity contribution in [1.29, 1.82) is 0 Å². The van der Waals surface area contributed by atoms with Gasteiger partial charge in [-0.2, -0.15) is 0 Å². The first-order chi connectivity index (χ1) is 11.8. The number of likely N-dealkylation sites (tertiary alicyclic amines) is 1. The highest BCUT2D eigenvalue weighted by molar-refractivity contribution is 5.78. The molecule has 1 atom stereocenters. The predicted molar refractivity (Wildman–Crippen MR) is 86.7 cm³/mol. The van der Waals surface area contributed by atoms with E-state index in [4.69, 9.17) is 9.15 Å². The second kappa shape index (κ2) is 7.19. The van der Waals surface area contributed by atoms with Gasteiger partial charge in [-0.1, -0.05) is 0 Å².